The van der Waals surface area contributed by atoms with Crippen LogP contribution in [-0.2, 0) is 18.3 Å². The summed E-state index contributed by atoms with van der Waals surface area (Å²) in [5, 5.41) is 1.05. The van der Waals surface area contributed by atoms with E-state index < -0.39 is 0 Å². The minimum atomic E-state index is -0.275. The van der Waals surface area contributed by atoms with E-state index in [1.807, 2.05) is 12.1 Å². The fraction of sp³-hybridized carbons (Fsp3) is 0.333. The lowest BCUT2D eigenvalue weighted by Crippen LogP contribution is -2.35. The topological polar surface area (TPSA) is 0 Å². The van der Waals surface area contributed by atoms with Crippen molar-refractivity contribution in [2.24, 2.45) is 0 Å². The van der Waals surface area contributed by atoms with Gasteiger partial charge in [0.15, 0.2) is 0 Å². The number of rotatable bonds is 3. The summed E-state index contributed by atoms with van der Waals surface area (Å²) in [6.07, 6.45) is 4.01. The van der Waals surface area contributed by atoms with Crippen LogP contribution >= 0.6 is 27.5 Å². The van der Waals surface area contributed by atoms with Gasteiger partial charge in [0.2, 0.25) is 0 Å². The molecule has 0 fully saturated rings. The van der Waals surface area contributed by atoms with Crippen molar-refractivity contribution in [2.75, 3.05) is 5.33 Å². The van der Waals surface area contributed by atoms with Crippen molar-refractivity contribution in [2.45, 2.75) is 31.1 Å². The van der Waals surface area contributed by atoms with Crippen LogP contribution in [0.25, 0.3) is 0 Å². The number of aryl methyl sites for hydroxylation is 1. The third kappa shape index (κ3) is 2.76. The first-order valence-corrected chi connectivity index (χ1v) is 8.73. The van der Waals surface area contributed by atoms with E-state index in [0.717, 1.165) is 24.6 Å². The molecule has 110 valence electrons. The van der Waals surface area contributed by atoms with Crippen molar-refractivity contribution >= 4 is 27.5 Å². The van der Waals surface area contributed by atoms with E-state index in [0.29, 0.717) is 12.0 Å². The molecule has 0 radical (unpaired) electrons. The van der Waals surface area contributed by atoms with Gasteiger partial charge in [0, 0.05) is 10.7 Å². The average Bonchev–Trinajstić information content (AvgIpc) is 2.52. The molecule has 21 heavy (non-hydrogen) atoms. The van der Waals surface area contributed by atoms with Crippen molar-refractivity contribution < 1.29 is 4.39 Å². The largest absolute Gasteiger partial charge is 0.205 e. The summed E-state index contributed by atoms with van der Waals surface area (Å²) < 4.78 is 14.3. The third-order valence-corrected chi connectivity index (χ3v) is 5.87. The molecule has 2 aromatic carbocycles. The maximum absolute atomic E-state index is 14.3. The van der Waals surface area contributed by atoms with E-state index in [4.69, 9.17) is 11.6 Å². The Hall–Kier alpha value is -0.860. The molecule has 0 amide bonds. The maximum atomic E-state index is 14.3. The van der Waals surface area contributed by atoms with Crippen LogP contribution < -0.4 is 0 Å². The van der Waals surface area contributed by atoms with Gasteiger partial charge in [-0.05, 0) is 48.4 Å². The Bertz CT molecular complexity index is 655. The fourth-order valence-corrected chi connectivity index (χ4v) is 4.40. The van der Waals surface area contributed by atoms with E-state index in [-0.39, 0.29) is 16.3 Å². The van der Waals surface area contributed by atoms with E-state index in [1.54, 1.807) is 6.07 Å². The summed E-state index contributed by atoms with van der Waals surface area (Å²) in [5.74, 6) is -0.275. The number of hydrogen-bond donors (Lipinski definition) is 0. The zero-order valence-electron chi connectivity index (χ0n) is 11.7. The van der Waals surface area contributed by atoms with Crippen molar-refractivity contribution in [1.29, 1.82) is 0 Å². The quantitative estimate of drug-likeness (QED) is 0.611. The Morgan fingerprint density at radius 2 is 1.95 bits per heavy atom. The molecule has 1 aliphatic rings. The lowest BCUT2D eigenvalue weighted by molar-refractivity contribution is 0.395. The lowest BCUT2D eigenvalue weighted by atomic mass is 9.68. The van der Waals surface area contributed by atoms with Gasteiger partial charge >= 0.3 is 0 Å². The monoisotopic (exact) mass is 366 g/mol. The minimum absolute atomic E-state index is 0.0413. The van der Waals surface area contributed by atoms with Gasteiger partial charge < -0.3 is 0 Å². The number of halogens is 3. The van der Waals surface area contributed by atoms with E-state index >= 15 is 0 Å². The maximum Gasteiger partial charge on any atom is 0.145 e. The fourth-order valence-electron chi connectivity index (χ4n) is 3.43. The van der Waals surface area contributed by atoms with Gasteiger partial charge in [-0.2, -0.15) is 0 Å². The van der Waals surface area contributed by atoms with Crippen LogP contribution in [-0.4, -0.2) is 5.33 Å². The van der Waals surface area contributed by atoms with Crippen molar-refractivity contribution in [3.63, 3.8) is 0 Å². The Morgan fingerprint density at radius 3 is 2.76 bits per heavy atom. The van der Waals surface area contributed by atoms with Gasteiger partial charge in [0.1, 0.15) is 5.82 Å². The molecular weight excluding hydrogens is 351 g/mol. The molecule has 0 saturated carbocycles. The van der Waals surface area contributed by atoms with Crippen LogP contribution in [0, 0.1) is 5.82 Å². The molecule has 0 aliphatic heterocycles. The van der Waals surface area contributed by atoms with Gasteiger partial charge in [0.25, 0.3) is 0 Å². The van der Waals surface area contributed by atoms with Gasteiger partial charge in [0.05, 0.1) is 5.02 Å². The molecule has 0 nitrogen and oxygen atoms in total. The second-order valence-corrected chi connectivity index (χ2v) is 6.78. The molecule has 1 aliphatic carbocycles. The molecule has 3 rings (SSSR count). The minimum Gasteiger partial charge on any atom is -0.205 e. The third-order valence-electron chi connectivity index (χ3n) is 4.51. The van der Waals surface area contributed by atoms with Crippen LogP contribution in [0.15, 0.2) is 42.5 Å². The second kappa shape index (κ2) is 6.10. The molecule has 3 heteroatoms. The molecule has 0 aromatic heterocycles. The molecule has 0 heterocycles. The predicted octanol–water partition coefficient (Wildman–Crippen LogP) is 5.69. The first-order valence-electron chi connectivity index (χ1n) is 7.23. The highest BCUT2D eigenvalue weighted by Crippen LogP contribution is 2.42. The first-order chi connectivity index (χ1) is 10.2. The Balaban J connectivity index is 2.04. The molecule has 0 bridgehead atoms. The molecule has 1 atom stereocenters. The smallest absolute Gasteiger partial charge is 0.145 e. The standard InChI is InChI=1S/C18H17BrClF/c19-12-18(11-14-6-3-9-16(20)17(14)21)10-4-7-13-5-1-2-8-15(13)18/h1-3,5-6,8-9H,4,7,10-12H2. The summed E-state index contributed by atoms with van der Waals surface area (Å²) in [7, 11) is 0. The Labute approximate surface area is 138 Å². The Morgan fingerprint density at radius 1 is 1.14 bits per heavy atom. The van der Waals surface area contributed by atoms with Crippen molar-refractivity contribution in [3.8, 4) is 0 Å². The van der Waals surface area contributed by atoms with Crippen LogP contribution in [0.1, 0.15) is 29.5 Å². The lowest BCUT2D eigenvalue weighted by Gasteiger charge is -2.38. The van der Waals surface area contributed by atoms with Crippen LogP contribution in [0.3, 0.4) is 0 Å². The number of hydrogen-bond acceptors (Lipinski definition) is 0. The SMILES string of the molecule is Fc1c(Cl)cccc1CC1(CBr)CCCc2ccccc21. The van der Waals surface area contributed by atoms with Gasteiger partial charge in [-0.3, -0.25) is 0 Å². The summed E-state index contributed by atoms with van der Waals surface area (Å²) in [4.78, 5) is 0. The number of benzene rings is 2. The zero-order chi connectivity index (χ0) is 14.9. The Kier molecular flexibility index (Phi) is 4.37. The second-order valence-electron chi connectivity index (χ2n) is 5.81. The number of fused-ring (bicyclic) bond motifs is 1. The average molecular weight is 368 g/mol. The van der Waals surface area contributed by atoms with E-state index in [9.17, 15) is 4.39 Å². The number of alkyl halides is 1. The van der Waals surface area contributed by atoms with E-state index in [2.05, 4.69) is 40.2 Å². The molecular formula is C18H17BrClF. The normalized spacial score (nSPS) is 21.1. The van der Waals surface area contributed by atoms with Crippen LogP contribution in [0.4, 0.5) is 4.39 Å². The van der Waals surface area contributed by atoms with Gasteiger partial charge in [-0.1, -0.05) is 63.9 Å². The van der Waals surface area contributed by atoms with Crippen molar-refractivity contribution in [3.05, 3.63) is 70.0 Å². The molecule has 1 unspecified atom stereocenters. The summed E-state index contributed by atoms with van der Waals surface area (Å²) in [5.41, 5.74) is 3.41. The highest BCUT2D eigenvalue weighted by atomic mass is 79.9. The predicted molar refractivity (Wildman–Crippen MR) is 90.0 cm³/mol. The summed E-state index contributed by atoms with van der Waals surface area (Å²) in [6.45, 7) is 0. The molecule has 0 saturated heterocycles. The van der Waals surface area contributed by atoms with Crippen LogP contribution in [0.5, 0.6) is 0 Å². The first kappa shape index (κ1) is 15.1. The van der Waals surface area contributed by atoms with Gasteiger partial charge in [-0.25, -0.2) is 4.39 Å². The van der Waals surface area contributed by atoms with E-state index in [1.165, 1.54) is 11.1 Å². The van der Waals surface area contributed by atoms with Gasteiger partial charge in [-0.15, -0.1) is 0 Å². The molecule has 0 spiro atoms. The zero-order valence-corrected chi connectivity index (χ0v) is 14.1. The molecule has 0 N–H and O–H groups in total. The molecule has 2 aromatic rings. The highest BCUT2D eigenvalue weighted by molar-refractivity contribution is 9.09. The summed E-state index contributed by atoms with van der Waals surface area (Å²) >= 11 is 9.62. The summed E-state index contributed by atoms with van der Waals surface area (Å²) in [6, 6.07) is 13.8. The van der Waals surface area contributed by atoms with Crippen LogP contribution in [0.2, 0.25) is 5.02 Å². The highest BCUT2D eigenvalue weighted by Gasteiger charge is 2.36. The van der Waals surface area contributed by atoms with Crippen molar-refractivity contribution in [1.82, 2.24) is 0 Å².